The number of ether oxygens (including phenoxy) is 2. The van der Waals surface area contributed by atoms with Crippen LogP contribution < -0.4 is 20.1 Å². The number of rotatable bonds is 16. The Kier molecular flexibility index (Phi) is 10.8. The lowest BCUT2D eigenvalue weighted by atomic mass is 9.76. The van der Waals surface area contributed by atoms with Crippen LogP contribution in [-0.2, 0) is 35.6 Å². The second-order valence-corrected chi connectivity index (χ2v) is 11.0. The molecule has 1 unspecified atom stereocenters. The van der Waals surface area contributed by atoms with Crippen LogP contribution in [0.25, 0.3) is 0 Å². The van der Waals surface area contributed by atoms with E-state index in [4.69, 9.17) is 9.47 Å². The van der Waals surface area contributed by atoms with E-state index in [0.717, 1.165) is 41.0 Å². The average molecular weight is 577 g/mol. The molecule has 0 saturated heterocycles. The van der Waals surface area contributed by atoms with E-state index in [1.165, 1.54) is 11.1 Å². The predicted octanol–water partition coefficient (Wildman–Crippen LogP) is 6.52. The minimum Gasteiger partial charge on any atom is -0.485 e. The first-order valence-electron chi connectivity index (χ1n) is 15.2. The van der Waals surface area contributed by atoms with E-state index in [2.05, 4.69) is 41.0 Å². The van der Waals surface area contributed by atoms with Crippen molar-refractivity contribution < 1.29 is 19.1 Å². The Balaban J connectivity index is 1.06. The molecule has 1 atom stereocenters. The van der Waals surface area contributed by atoms with Gasteiger partial charge in [0.15, 0.2) is 11.5 Å². The molecule has 5 rings (SSSR count). The van der Waals surface area contributed by atoms with Gasteiger partial charge in [-0.3, -0.25) is 9.59 Å². The van der Waals surface area contributed by atoms with Gasteiger partial charge in [-0.05, 0) is 54.0 Å². The SMILES string of the molecule is O=C(CCCCC(=O)NCC1Cc2c1ccc(OCc1ccccc1)c2OCc1ccccc1)NCCc1ccccc1. The Labute approximate surface area is 254 Å². The predicted molar refractivity (Wildman–Crippen MR) is 169 cm³/mol. The van der Waals surface area contributed by atoms with Gasteiger partial charge in [0.25, 0.3) is 0 Å². The van der Waals surface area contributed by atoms with Crippen LogP contribution in [0.5, 0.6) is 11.5 Å². The molecule has 1 aliphatic carbocycles. The molecule has 4 aromatic rings. The third-order valence-electron chi connectivity index (χ3n) is 7.80. The molecule has 43 heavy (non-hydrogen) atoms. The minimum atomic E-state index is 0.0290. The maximum atomic E-state index is 12.5. The number of benzene rings is 4. The van der Waals surface area contributed by atoms with Gasteiger partial charge in [0, 0.05) is 37.4 Å². The van der Waals surface area contributed by atoms with Crippen molar-refractivity contribution >= 4 is 11.8 Å². The molecule has 2 N–H and O–H groups in total. The van der Waals surface area contributed by atoms with E-state index in [1.807, 2.05) is 72.8 Å². The van der Waals surface area contributed by atoms with Crippen LogP contribution in [-0.4, -0.2) is 24.9 Å². The van der Waals surface area contributed by atoms with Crippen LogP contribution in [0, 0.1) is 0 Å². The van der Waals surface area contributed by atoms with Crippen molar-refractivity contribution in [1.82, 2.24) is 10.6 Å². The molecule has 6 heteroatoms. The van der Waals surface area contributed by atoms with Gasteiger partial charge in [0.2, 0.25) is 11.8 Å². The standard InChI is InChI=1S/C37H40N2O4/c40-35(38-23-22-28-12-4-1-5-13-28)18-10-11-19-36(41)39-25-31-24-33-32(31)20-21-34(42-26-29-14-6-2-7-15-29)37(33)43-27-30-16-8-3-9-17-30/h1-9,12-17,20-21,31H,10-11,18-19,22-27H2,(H,38,40)(H,39,41). The molecule has 2 amide bonds. The molecule has 0 aromatic heterocycles. The van der Waals surface area contributed by atoms with E-state index in [-0.39, 0.29) is 17.7 Å². The van der Waals surface area contributed by atoms with E-state index < -0.39 is 0 Å². The summed E-state index contributed by atoms with van der Waals surface area (Å²) >= 11 is 0. The Morgan fingerprint density at radius 2 is 1.21 bits per heavy atom. The molecular formula is C37H40N2O4. The summed E-state index contributed by atoms with van der Waals surface area (Å²) in [6.45, 7) is 2.15. The highest BCUT2D eigenvalue weighted by molar-refractivity contribution is 5.77. The monoisotopic (exact) mass is 576 g/mol. The van der Waals surface area contributed by atoms with Crippen molar-refractivity contribution in [2.24, 2.45) is 0 Å². The van der Waals surface area contributed by atoms with Crippen LogP contribution in [0.2, 0.25) is 0 Å². The zero-order chi connectivity index (χ0) is 29.7. The Hall–Kier alpha value is -4.58. The van der Waals surface area contributed by atoms with Gasteiger partial charge in [-0.2, -0.15) is 0 Å². The molecule has 4 aromatic carbocycles. The highest BCUT2D eigenvalue weighted by Gasteiger charge is 2.32. The maximum absolute atomic E-state index is 12.5. The van der Waals surface area contributed by atoms with E-state index in [0.29, 0.717) is 52.0 Å². The number of amides is 2. The number of hydrogen-bond acceptors (Lipinski definition) is 4. The number of nitrogens with one attached hydrogen (secondary N) is 2. The zero-order valence-corrected chi connectivity index (χ0v) is 24.6. The Morgan fingerprint density at radius 1 is 0.651 bits per heavy atom. The number of carbonyl (C=O) groups excluding carboxylic acids is 2. The lowest BCUT2D eigenvalue weighted by Gasteiger charge is -2.33. The van der Waals surface area contributed by atoms with Crippen LogP contribution in [0.1, 0.15) is 59.4 Å². The van der Waals surface area contributed by atoms with Crippen molar-refractivity contribution in [2.45, 2.75) is 57.7 Å². The summed E-state index contributed by atoms with van der Waals surface area (Å²) < 4.78 is 12.5. The first kappa shape index (κ1) is 29.9. The number of unbranched alkanes of at least 4 members (excludes halogenated alkanes) is 1. The smallest absolute Gasteiger partial charge is 0.220 e. The molecule has 0 saturated carbocycles. The third-order valence-corrected chi connectivity index (χ3v) is 7.80. The Morgan fingerprint density at radius 3 is 1.84 bits per heavy atom. The fourth-order valence-electron chi connectivity index (χ4n) is 5.33. The second kappa shape index (κ2) is 15.6. The first-order chi connectivity index (χ1) is 21.2. The fourth-order valence-corrected chi connectivity index (χ4v) is 5.33. The largest absolute Gasteiger partial charge is 0.485 e. The Bertz CT molecular complexity index is 1460. The molecule has 0 heterocycles. The summed E-state index contributed by atoms with van der Waals surface area (Å²) in [6, 6.07) is 34.4. The average Bonchev–Trinajstić information content (AvgIpc) is 3.03. The summed E-state index contributed by atoms with van der Waals surface area (Å²) in [5.74, 6) is 1.85. The maximum Gasteiger partial charge on any atom is 0.220 e. The second-order valence-electron chi connectivity index (χ2n) is 11.0. The number of hydrogen-bond donors (Lipinski definition) is 2. The molecule has 0 spiro atoms. The summed E-state index contributed by atoms with van der Waals surface area (Å²) in [5.41, 5.74) is 5.76. The van der Waals surface area contributed by atoms with Crippen LogP contribution in [0.3, 0.4) is 0 Å². The number of carbonyl (C=O) groups is 2. The van der Waals surface area contributed by atoms with Gasteiger partial charge in [-0.15, -0.1) is 0 Å². The fraction of sp³-hybridized carbons (Fsp3) is 0.297. The highest BCUT2D eigenvalue weighted by Crippen LogP contribution is 2.46. The molecule has 0 aliphatic heterocycles. The molecule has 0 bridgehead atoms. The van der Waals surface area contributed by atoms with Gasteiger partial charge >= 0.3 is 0 Å². The van der Waals surface area contributed by atoms with Gasteiger partial charge < -0.3 is 20.1 Å². The summed E-state index contributed by atoms with van der Waals surface area (Å²) in [5, 5.41) is 6.06. The van der Waals surface area contributed by atoms with Crippen molar-refractivity contribution in [3.63, 3.8) is 0 Å². The molecule has 222 valence electrons. The van der Waals surface area contributed by atoms with Crippen molar-refractivity contribution in [2.75, 3.05) is 13.1 Å². The minimum absolute atomic E-state index is 0.0290. The first-order valence-corrected chi connectivity index (χ1v) is 15.2. The van der Waals surface area contributed by atoms with Crippen molar-refractivity contribution in [3.8, 4) is 11.5 Å². The molecule has 6 nitrogen and oxygen atoms in total. The molecule has 0 fully saturated rings. The third kappa shape index (κ3) is 8.95. The van der Waals surface area contributed by atoms with Gasteiger partial charge in [-0.1, -0.05) is 97.1 Å². The summed E-state index contributed by atoms with van der Waals surface area (Å²) in [6.07, 6.45) is 3.91. The van der Waals surface area contributed by atoms with Crippen molar-refractivity contribution in [1.29, 1.82) is 0 Å². The topological polar surface area (TPSA) is 76.7 Å². The summed E-state index contributed by atoms with van der Waals surface area (Å²) in [4.78, 5) is 24.6. The lowest BCUT2D eigenvalue weighted by molar-refractivity contribution is -0.123. The van der Waals surface area contributed by atoms with E-state index in [1.54, 1.807) is 0 Å². The quantitative estimate of drug-likeness (QED) is 0.149. The molecular weight excluding hydrogens is 536 g/mol. The molecule has 1 aliphatic rings. The van der Waals surface area contributed by atoms with Crippen LogP contribution in [0.4, 0.5) is 0 Å². The van der Waals surface area contributed by atoms with Gasteiger partial charge in [0.1, 0.15) is 13.2 Å². The van der Waals surface area contributed by atoms with E-state index in [9.17, 15) is 9.59 Å². The van der Waals surface area contributed by atoms with Crippen LogP contribution in [0.15, 0.2) is 103 Å². The normalized spacial score (nSPS) is 13.3. The van der Waals surface area contributed by atoms with Crippen LogP contribution >= 0.6 is 0 Å². The summed E-state index contributed by atoms with van der Waals surface area (Å²) in [7, 11) is 0. The lowest BCUT2D eigenvalue weighted by Crippen LogP contribution is -2.33. The van der Waals surface area contributed by atoms with Gasteiger partial charge in [-0.25, -0.2) is 0 Å². The van der Waals surface area contributed by atoms with Gasteiger partial charge in [0.05, 0.1) is 0 Å². The van der Waals surface area contributed by atoms with Crippen molar-refractivity contribution in [3.05, 3.63) is 131 Å². The number of fused-ring (bicyclic) bond motifs is 1. The molecule has 0 radical (unpaired) electrons. The highest BCUT2D eigenvalue weighted by atomic mass is 16.5. The van der Waals surface area contributed by atoms with E-state index >= 15 is 0 Å². The zero-order valence-electron chi connectivity index (χ0n) is 24.6.